The van der Waals surface area contributed by atoms with Gasteiger partial charge in [-0.05, 0) is 62.8 Å². The number of ether oxygens (including phenoxy) is 2. The van der Waals surface area contributed by atoms with Crippen LogP contribution in [0.3, 0.4) is 0 Å². The Balaban J connectivity index is 1.75. The average Bonchev–Trinajstić information content (AvgIpc) is 3.01. The molecule has 0 saturated heterocycles. The van der Waals surface area contributed by atoms with E-state index < -0.39 is 0 Å². The van der Waals surface area contributed by atoms with E-state index in [1.54, 1.807) is 11.3 Å². The first kappa shape index (κ1) is 17.8. The van der Waals surface area contributed by atoms with Crippen LogP contribution in [0.1, 0.15) is 47.3 Å². The van der Waals surface area contributed by atoms with Gasteiger partial charge < -0.3 is 14.8 Å². The number of rotatable bonds is 6. The van der Waals surface area contributed by atoms with Crippen LogP contribution in [-0.2, 0) is 12.8 Å². The number of amides is 1. The number of carbonyl (C=O) groups excluding carboxylic acids is 1. The molecule has 5 heteroatoms. The lowest BCUT2D eigenvalue weighted by molar-refractivity contribution is 0.103. The fraction of sp³-hybridized carbons (Fsp3) is 0.450. The lowest BCUT2D eigenvalue weighted by Crippen LogP contribution is -2.10. The van der Waals surface area contributed by atoms with Gasteiger partial charge in [-0.15, -0.1) is 11.3 Å². The summed E-state index contributed by atoms with van der Waals surface area (Å²) in [7, 11) is 0. The fourth-order valence-electron chi connectivity index (χ4n) is 3.14. The van der Waals surface area contributed by atoms with E-state index in [4.69, 9.17) is 9.47 Å². The summed E-state index contributed by atoms with van der Waals surface area (Å²) in [6.07, 6.45) is 3.38. The molecule has 1 atom stereocenters. The number of fused-ring (bicyclic) bond motifs is 1. The minimum atomic E-state index is -0.0568. The number of nitrogens with one attached hydrogen (secondary N) is 1. The van der Waals surface area contributed by atoms with E-state index >= 15 is 0 Å². The molecule has 25 heavy (non-hydrogen) atoms. The molecule has 0 fully saturated rings. The molecule has 1 aliphatic carbocycles. The third-order valence-corrected chi connectivity index (χ3v) is 5.59. The van der Waals surface area contributed by atoms with Gasteiger partial charge in [-0.3, -0.25) is 4.79 Å². The van der Waals surface area contributed by atoms with Gasteiger partial charge in [-0.1, -0.05) is 6.92 Å². The van der Waals surface area contributed by atoms with Crippen molar-refractivity contribution in [1.29, 1.82) is 0 Å². The molecular formula is C20H25NO3S. The highest BCUT2D eigenvalue weighted by molar-refractivity contribution is 7.14. The van der Waals surface area contributed by atoms with Gasteiger partial charge in [-0.2, -0.15) is 0 Å². The Bertz CT molecular complexity index is 753. The first-order valence-electron chi connectivity index (χ1n) is 8.93. The predicted octanol–water partition coefficient (Wildman–Crippen LogP) is 4.92. The molecule has 0 unspecified atom stereocenters. The molecular weight excluding hydrogens is 334 g/mol. The van der Waals surface area contributed by atoms with Gasteiger partial charge in [0, 0.05) is 16.6 Å². The van der Waals surface area contributed by atoms with E-state index in [2.05, 4.69) is 18.3 Å². The van der Waals surface area contributed by atoms with Crippen LogP contribution < -0.4 is 14.8 Å². The van der Waals surface area contributed by atoms with Crippen LogP contribution in [0.25, 0.3) is 0 Å². The topological polar surface area (TPSA) is 47.6 Å². The van der Waals surface area contributed by atoms with Gasteiger partial charge in [0.1, 0.15) is 0 Å². The van der Waals surface area contributed by atoms with E-state index in [0.29, 0.717) is 30.6 Å². The molecule has 4 nitrogen and oxygen atoms in total. The monoisotopic (exact) mass is 359 g/mol. The Morgan fingerprint density at radius 3 is 2.72 bits per heavy atom. The zero-order chi connectivity index (χ0) is 17.8. The highest BCUT2D eigenvalue weighted by atomic mass is 32.1. The smallest absolute Gasteiger partial charge is 0.265 e. The zero-order valence-corrected chi connectivity index (χ0v) is 15.9. The Morgan fingerprint density at radius 2 is 1.96 bits per heavy atom. The molecule has 0 saturated carbocycles. The second-order valence-corrected chi connectivity index (χ2v) is 7.53. The van der Waals surface area contributed by atoms with Crippen molar-refractivity contribution in [3.05, 3.63) is 39.6 Å². The molecule has 0 aliphatic heterocycles. The molecule has 0 radical (unpaired) electrons. The maximum Gasteiger partial charge on any atom is 0.265 e. The van der Waals surface area contributed by atoms with Crippen molar-refractivity contribution >= 4 is 22.9 Å². The molecule has 0 spiro atoms. The number of carbonyl (C=O) groups is 1. The summed E-state index contributed by atoms with van der Waals surface area (Å²) in [6.45, 7) is 7.26. The first-order valence-corrected chi connectivity index (χ1v) is 9.75. The Labute approximate surface area is 153 Å². The number of aryl methyl sites for hydroxylation is 1. The van der Waals surface area contributed by atoms with E-state index in [9.17, 15) is 4.79 Å². The predicted molar refractivity (Wildman–Crippen MR) is 102 cm³/mol. The normalized spacial score (nSPS) is 16.2. The Hall–Kier alpha value is -2.01. The quantitative estimate of drug-likeness (QED) is 0.796. The SMILES string of the molecule is CCOc1ccc(NC(=O)c2cc3c(s2)CC[C@@H](C)C3)cc1OCC. The third-order valence-electron chi connectivity index (χ3n) is 4.35. The number of hydrogen-bond acceptors (Lipinski definition) is 4. The lowest BCUT2D eigenvalue weighted by Gasteiger charge is -2.16. The summed E-state index contributed by atoms with van der Waals surface area (Å²) in [5.41, 5.74) is 2.06. The van der Waals surface area contributed by atoms with Crippen LogP contribution in [0.4, 0.5) is 5.69 Å². The molecule has 1 aromatic heterocycles. The number of benzene rings is 1. The summed E-state index contributed by atoms with van der Waals surface area (Å²) in [5, 5.41) is 2.98. The number of hydrogen-bond donors (Lipinski definition) is 1. The van der Waals surface area contributed by atoms with E-state index in [-0.39, 0.29) is 5.91 Å². The zero-order valence-electron chi connectivity index (χ0n) is 15.1. The van der Waals surface area contributed by atoms with Gasteiger partial charge in [0.15, 0.2) is 11.5 Å². The van der Waals surface area contributed by atoms with Crippen molar-refractivity contribution in [2.24, 2.45) is 5.92 Å². The molecule has 1 amide bonds. The second-order valence-electron chi connectivity index (χ2n) is 6.39. The van der Waals surface area contributed by atoms with Crippen LogP contribution >= 0.6 is 11.3 Å². The minimum absolute atomic E-state index is 0.0568. The summed E-state index contributed by atoms with van der Waals surface area (Å²) in [6, 6.07) is 7.57. The largest absolute Gasteiger partial charge is 0.490 e. The molecule has 1 N–H and O–H groups in total. The lowest BCUT2D eigenvalue weighted by atomic mass is 9.90. The first-order chi connectivity index (χ1) is 12.1. The summed E-state index contributed by atoms with van der Waals surface area (Å²) >= 11 is 1.62. The van der Waals surface area contributed by atoms with Crippen LogP contribution in [0, 0.1) is 5.92 Å². The Morgan fingerprint density at radius 1 is 1.20 bits per heavy atom. The molecule has 0 bridgehead atoms. The second kappa shape index (κ2) is 7.91. The van der Waals surface area contributed by atoms with E-state index in [1.807, 2.05) is 32.0 Å². The third kappa shape index (κ3) is 4.15. The van der Waals surface area contributed by atoms with Crippen molar-refractivity contribution < 1.29 is 14.3 Å². The Kier molecular flexibility index (Phi) is 5.63. The standard InChI is InChI=1S/C20H25NO3S/c1-4-23-16-8-7-15(12-17(16)24-5-2)21-20(22)19-11-14-10-13(3)6-9-18(14)25-19/h7-8,11-13H,4-6,9-10H2,1-3H3,(H,21,22)/t13-/m1/s1. The van der Waals surface area contributed by atoms with Crippen LogP contribution in [0.5, 0.6) is 11.5 Å². The summed E-state index contributed by atoms with van der Waals surface area (Å²) in [5.74, 6) is 2.00. The van der Waals surface area contributed by atoms with Crippen molar-refractivity contribution in [3.63, 3.8) is 0 Å². The van der Waals surface area contributed by atoms with Crippen molar-refractivity contribution in [3.8, 4) is 11.5 Å². The van der Waals surface area contributed by atoms with Crippen molar-refractivity contribution in [2.45, 2.75) is 40.0 Å². The van der Waals surface area contributed by atoms with Gasteiger partial charge in [0.2, 0.25) is 0 Å². The maximum absolute atomic E-state index is 12.6. The number of thiophene rings is 1. The number of anilines is 1. The van der Waals surface area contributed by atoms with Crippen molar-refractivity contribution in [2.75, 3.05) is 18.5 Å². The maximum atomic E-state index is 12.6. The molecule has 1 aliphatic rings. The van der Waals surface area contributed by atoms with E-state index in [0.717, 1.165) is 23.4 Å². The fourth-order valence-corrected chi connectivity index (χ4v) is 4.24. The van der Waals surface area contributed by atoms with Gasteiger partial charge >= 0.3 is 0 Å². The van der Waals surface area contributed by atoms with E-state index in [1.165, 1.54) is 16.9 Å². The molecule has 1 heterocycles. The minimum Gasteiger partial charge on any atom is -0.490 e. The van der Waals surface area contributed by atoms with Gasteiger partial charge in [-0.25, -0.2) is 0 Å². The highest BCUT2D eigenvalue weighted by Gasteiger charge is 2.21. The highest BCUT2D eigenvalue weighted by Crippen LogP contribution is 2.34. The van der Waals surface area contributed by atoms with Gasteiger partial charge in [0.25, 0.3) is 5.91 Å². The summed E-state index contributed by atoms with van der Waals surface area (Å²) < 4.78 is 11.2. The van der Waals surface area contributed by atoms with Crippen LogP contribution in [-0.4, -0.2) is 19.1 Å². The average molecular weight is 359 g/mol. The molecule has 2 aromatic rings. The van der Waals surface area contributed by atoms with Crippen LogP contribution in [0.15, 0.2) is 24.3 Å². The molecule has 134 valence electrons. The summed E-state index contributed by atoms with van der Waals surface area (Å²) in [4.78, 5) is 14.8. The molecule has 1 aromatic carbocycles. The van der Waals surface area contributed by atoms with Gasteiger partial charge in [0.05, 0.1) is 18.1 Å². The molecule has 3 rings (SSSR count). The van der Waals surface area contributed by atoms with Crippen LogP contribution in [0.2, 0.25) is 0 Å². The van der Waals surface area contributed by atoms with Crippen molar-refractivity contribution in [1.82, 2.24) is 0 Å².